The number of rotatable bonds is 16. The molecule has 0 fully saturated rings. The van der Waals surface area contributed by atoms with Crippen molar-refractivity contribution in [2.45, 2.75) is 51.4 Å². The molecule has 0 spiro atoms. The van der Waals surface area contributed by atoms with Crippen LogP contribution in [-0.2, 0) is 0 Å². The van der Waals surface area contributed by atoms with Crippen molar-refractivity contribution in [2.75, 3.05) is 43.9 Å². The average Bonchev–Trinajstić information content (AvgIpc) is 2.91. The molecule has 0 radical (unpaired) electrons. The third-order valence-electron chi connectivity index (χ3n) is 7.11. The van der Waals surface area contributed by atoms with Gasteiger partial charge in [-0.25, -0.2) is 0 Å². The molecule has 0 saturated carbocycles. The third-order valence-corrected chi connectivity index (χ3v) is 7.58. The molecule has 0 bridgehead atoms. The maximum Gasteiger partial charge on any atom is 0.0737 e. The Hall–Kier alpha value is -2.53. The number of anilines is 2. The van der Waals surface area contributed by atoms with Crippen molar-refractivity contribution in [1.82, 2.24) is 9.88 Å². The predicted octanol–water partition coefficient (Wildman–Crippen LogP) is 9.27. The summed E-state index contributed by atoms with van der Waals surface area (Å²) in [6.07, 6.45) is 11.9. The molecule has 4 nitrogen and oxygen atoms in total. The first-order chi connectivity index (χ1) is 18.6. The molecule has 2 N–H and O–H groups in total. The van der Waals surface area contributed by atoms with Crippen LogP contribution in [0.1, 0.15) is 51.4 Å². The molecular formula is C32H40Cl2N4. The number of pyridine rings is 1. The van der Waals surface area contributed by atoms with Crippen molar-refractivity contribution in [3.8, 4) is 0 Å². The molecule has 0 atom stereocenters. The van der Waals surface area contributed by atoms with Crippen molar-refractivity contribution < 1.29 is 0 Å². The summed E-state index contributed by atoms with van der Waals surface area (Å²) in [6, 6.07) is 20.4. The highest BCUT2D eigenvalue weighted by molar-refractivity contribution is 6.31. The Morgan fingerprint density at radius 1 is 0.658 bits per heavy atom. The first-order valence-electron chi connectivity index (χ1n) is 14.0. The predicted molar refractivity (Wildman–Crippen MR) is 167 cm³/mol. The number of hydrogen-bond acceptors (Lipinski definition) is 4. The van der Waals surface area contributed by atoms with Crippen LogP contribution < -0.4 is 10.6 Å². The van der Waals surface area contributed by atoms with E-state index in [9.17, 15) is 0 Å². The van der Waals surface area contributed by atoms with E-state index in [-0.39, 0.29) is 0 Å². The number of hydrogen-bond donors (Lipinski definition) is 2. The fourth-order valence-corrected chi connectivity index (χ4v) is 5.31. The van der Waals surface area contributed by atoms with Crippen LogP contribution in [0.15, 0.2) is 66.9 Å². The zero-order valence-electron chi connectivity index (χ0n) is 22.5. The second-order valence-electron chi connectivity index (χ2n) is 10.2. The lowest BCUT2D eigenvalue weighted by Gasteiger charge is -2.16. The number of nitrogens with one attached hydrogen (secondary N) is 2. The summed E-state index contributed by atoms with van der Waals surface area (Å²) in [5, 5.41) is 12.2. The van der Waals surface area contributed by atoms with Gasteiger partial charge in [0, 0.05) is 51.5 Å². The van der Waals surface area contributed by atoms with Crippen molar-refractivity contribution in [2.24, 2.45) is 0 Å². The fraction of sp³-hybridized carbons (Fsp3) is 0.406. The topological polar surface area (TPSA) is 40.2 Å². The van der Waals surface area contributed by atoms with Crippen LogP contribution in [0.3, 0.4) is 0 Å². The lowest BCUT2D eigenvalue weighted by molar-refractivity contribution is 0.315. The zero-order chi connectivity index (χ0) is 26.6. The molecule has 0 aliphatic heterocycles. The van der Waals surface area contributed by atoms with Crippen molar-refractivity contribution in [1.29, 1.82) is 0 Å². The van der Waals surface area contributed by atoms with E-state index >= 15 is 0 Å². The Morgan fingerprint density at radius 3 is 1.97 bits per heavy atom. The molecule has 6 heteroatoms. The first kappa shape index (κ1) is 28.5. The Kier molecular flexibility index (Phi) is 11.4. The molecule has 3 aromatic carbocycles. The molecule has 0 aliphatic carbocycles. The van der Waals surface area contributed by atoms with Gasteiger partial charge in [-0.2, -0.15) is 0 Å². The minimum atomic E-state index is 0.726. The van der Waals surface area contributed by atoms with E-state index in [1.165, 1.54) is 80.9 Å². The highest BCUT2D eigenvalue weighted by Gasteiger charge is 2.04. The quantitative estimate of drug-likeness (QED) is 0.136. The van der Waals surface area contributed by atoms with Gasteiger partial charge >= 0.3 is 0 Å². The lowest BCUT2D eigenvalue weighted by atomic mass is 10.1. The number of fused-ring (bicyclic) bond motifs is 2. The van der Waals surface area contributed by atoms with Gasteiger partial charge in [0.25, 0.3) is 0 Å². The Bertz CT molecular complexity index is 1190. The van der Waals surface area contributed by atoms with Gasteiger partial charge < -0.3 is 15.5 Å². The standard InChI is InChI=1S/C32H40Cl2N4/c1-38(21-8-4-2-6-18-35-30-12-10-11-25-23-26(33)13-15-28(25)30)22-9-5-3-7-19-36-31-17-20-37-32-24-27(34)14-16-29(31)32/h10-17,20,23-24,35H,2-9,18-19,21-22H2,1H3,(H,36,37). The van der Waals surface area contributed by atoms with E-state index < -0.39 is 0 Å². The van der Waals surface area contributed by atoms with Crippen LogP contribution in [0.5, 0.6) is 0 Å². The van der Waals surface area contributed by atoms with Gasteiger partial charge in [0.05, 0.1) is 5.52 Å². The maximum absolute atomic E-state index is 6.13. The second kappa shape index (κ2) is 15.2. The zero-order valence-corrected chi connectivity index (χ0v) is 24.0. The van der Waals surface area contributed by atoms with Crippen LogP contribution in [0.2, 0.25) is 10.0 Å². The van der Waals surface area contributed by atoms with Gasteiger partial charge in [-0.15, -0.1) is 0 Å². The molecular weight excluding hydrogens is 511 g/mol. The maximum atomic E-state index is 6.13. The molecule has 4 aromatic rings. The van der Waals surface area contributed by atoms with Crippen molar-refractivity contribution in [3.63, 3.8) is 0 Å². The summed E-state index contributed by atoms with van der Waals surface area (Å²) in [5.41, 5.74) is 3.28. The minimum Gasteiger partial charge on any atom is -0.385 e. The third kappa shape index (κ3) is 8.76. The van der Waals surface area contributed by atoms with E-state index in [0.717, 1.165) is 39.7 Å². The van der Waals surface area contributed by atoms with E-state index in [4.69, 9.17) is 23.2 Å². The van der Waals surface area contributed by atoms with Crippen LogP contribution in [-0.4, -0.2) is 43.1 Å². The fourth-order valence-electron chi connectivity index (χ4n) is 4.96. The first-order valence-corrected chi connectivity index (χ1v) is 14.7. The van der Waals surface area contributed by atoms with Gasteiger partial charge in [0.1, 0.15) is 0 Å². The molecule has 0 saturated heterocycles. The van der Waals surface area contributed by atoms with Crippen LogP contribution in [0, 0.1) is 0 Å². The lowest BCUT2D eigenvalue weighted by Crippen LogP contribution is -2.21. The van der Waals surface area contributed by atoms with Crippen LogP contribution in [0.4, 0.5) is 11.4 Å². The summed E-state index contributed by atoms with van der Waals surface area (Å²) in [7, 11) is 2.26. The van der Waals surface area contributed by atoms with Gasteiger partial charge in [-0.3, -0.25) is 4.98 Å². The SMILES string of the molecule is CN(CCCCCCNc1cccc2cc(Cl)ccc12)CCCCCCNc1ccnc2cc(Cl)ccc12. The normalized spacial score (nSPS) is 11.5. The van der Waals surface area contributed by atoms with Gasteiger partial charge in [-0.05, 0) is 93.7 Å². The Labute approximate surface area is 237 Å². The van der Waals surface area contributed by atoms with E-state index in [0.29, 0.717) is 0 Å². The van der Waals surface area contributed by atoms with E-state index in [1.807, 2.05) is 42.6 Å². The molecule has 0 aliphatic rings. The Morgan fingerprint density at radius 2 is 1.26 bits per heavy atom. The molecule has 4 rings (SSSR count). The number of halogens is 2. The molecule has 1 heterocycles. The van der Waals surface area contributed by atoms with Crippen LogP contribution >= 0.6 is 23.2 Å². The average molecular weight is 552 g/mol. The van der Waals surface area contributed by atoms with Gasteiger partial charge in [-0.1, -0.05) is 67.1 Å². The summed E-state index contributed by atoms with van der Waals surface area (Å²) >= 11 is 12.2. The van der Waals surface area contributed by atoms with Crippen molar-refractivity contribution >= 4 is 56.3 Å². The number of aromatic nitrogens is 1. The van der Waals surface area contributed by atoms with Crippen LogP contribution in [0.25, 0.3) is 21.7 Å². The largest absolute Gasteiger partial charge is 0.385 e. The smallest absolute Gasteiger partial charge is 0.0737 e. The Balaban J connectivity index is 0.996. The summed E-state index contributed by atoms with van der Waals surface area (Å²) in [6.45, 7) is 4.38. The second-order valence-corrected chi connectivity index (χ2v) is 11.0. The molecule has 38 heavy (non-hydrogen) atoms. The number of unbranched alkanes of at least 4 members (excludes halogenated alkanes) is 6. The minimum absolute atomic E-state index is 0.726. The van der Waals surface area contributed by atoms with E-state index in [2.05, 4.69) is 51.8 Å². The highest BCUT2D eigenvalue weighted by Crippen LogP contribution is 2.26. The molecule has 1 aromatic heterocycles. The van der Waals surface area contributed by atoms with Gasteiger partial charge in [0.2, 0.25) is 0 Å². The number of benzene rings is 3. The summed E-state index contributed by atoms with van der Waals surface area (Å²) in [5.74, 6) is 0. The highest BCUT2D eigenvalue weighted by atomic mass is 35.5. The number of nitrogens with zero attached hydrogens (tertiary/aromatic N) is 2. The van der Waals surface area contributed by atoms with Gasteiger partial charge in [0.15, 0.2) is 0 Å². The molecule has 0 amide bonds. The summed E-state index contributed by atoms with van der Waals surface area (Å²) in [4.78, 5) is 6.91. The van der Waals surface area contributed by atoms with E-state index in [1.54, 1.807) is 0 Å². The van der Waals surface area contributed by atoms with Crippen molar-refractivity contribution in [3.05, 3.63) is 76.9 Å². The molecule has 0 unspecified atom stereocenters. The molecule has 202 valence electrons. The monoisotopic (exact) mass is 550 g/mol. The summed E-state index contributed by atoms with van der Waals surface area (Å²) < 4.78 is 0.